The van der Waals surface area contributed by atoms with E-state index in [9.17, 15) is 0 Å². The van der Waals surface area contributed by atoms with Gasteiger partial charge in [-0.2, -0.15) is 0 Å². The van der Waals surface area contributed by atoms with Crippen LogP contribution in [0, 0.1) is 0 Å². The van der Waals surface area contributed by atoms with Crippen LogP contribution in [-0.2, 0) is 0 Å². The smallest absolute Gasteiger partial charge is 0.0970 e. The van der Waals surface area contributed by atoms with Crippen molar-refractivity contribution in [1.82, 2.24) is 0 Å². The molecule has 1 aliphatic rings. The van der Waals surface area contributed by atoms with Crippen LogP contribution in [0.3, 0.4) is 0 Å². The molecule has 1 aliphatic carbocycles. The number of thiophene rings is 1. The van der Waals surface area contributed by atoms with Crippen LogP contribution < -0.4 is 0 Å². The lowest BCUT2D eigenvalue weighted by atomic mass is 9.82. The summed E-state index contributed by atoms with van der Waals surface area (Å²) in [5, 5.41) is 15.3. The SMILES string of the molecule is ON=C1CCC(c2ccc(Cl)cc2)c2ccsc21. The lowest BCUT2D eigenvalue weighted by molar-refractivity contribution is 0.317. The standard InChI is InChI=1S/C14H12ClNOS/c15-10-3-1-9(2-4-10)11-5-6-13(16-17)14-12(11)7-8-18-14/h1-4,7-8,11,17H,5-6H2. The van der Waals surface area contributed by atoms with Crippen molar-refractivity contribution < 1.29 is 5.21 Å². The van der Waals surface area contributed by atoms with Gasteiger partial charge in [-0.3, -0.25) is 0 Å². The van der Waals surface area contributed by atoms with Gasteiger partial charge in [0, 0.05) is 10.9 Å². The topological polar surface area (TPSA) is 32.6 Å². The molecule has 0 radical (unpaired) electrons. The van der Waals surface area contributed by atoms with Crippen molar-refractivity contribution in [3.63, 3.8) is 0 Å². The Hall–Kier alpha value is -1.32. The van der Waals surface area contributed by atoms with Crippen molar-refractivity contribution in [3.8, 4) is 0 Å². The van der Waals surface area contributed by atoms with Crippen molar-refractivity contribution in [2.24, 2.45) is 5.16 Å². The fourth-order valence-corrected chi connectivity index (χ4v) is 3.62. The summed E-state index contributed by atoms with van der Waals surface area (Å²) in [7, 11) is 0. The first-order valence-corrected chi connectivity index (χ1v) is 7.09. The number of fused-ring (bicyclic) bond motifs is 1. The van der Waals surface area contributed by atoms with Crippen LogP contribution in [0.15, 0.2) is 40.9 Å². The average molecular weight is 278 g/mol. The van der Waals surface area contributed by atoms with E-state index in [1.165, 1.54) is 11.1 Å². The van der Waals surface area contributed by atoms with Crippen molar-refractivity contribution in [2.45, 2.75) is 18.8 Å². The van der Waals surface area contributed by atoms with Crippen molar-refractivity contribution >= 4 is 28.6 Å². The van der Waals surface area contributed by atoms with Gasteiger partial charge < -0.3 is 5.21 Å². The highest BCUT2D eigenvalue weighted by Gasteiger charge is 2.26. The highest BCUT2D eigenvalue weighted by Crippen LogP contribution is 2.39. The molecule has 0 saturated carbocycles. The largest absolute Gasteiger partial charge is 0.411 e. The van der Waals surface area contributed by atoms with Crippen LogP contribution in [-0.4, -0.2) is 10.9 Å². The van der Waals surface area contributed by atoms with Crippen molar-refractivity contribution in [1.29, 1.82) is 0 Å². The third-order valence-electron chi connectivity index (χ3n) is 3.40. The number of rotatable bonds is 1. The Bertz CT molecular complexity index is 588. The third-order valence-corrected chi connectivity index (χ3v) is 4.63. The first-order chi connectivity index (χ1) is 8.79. The number of nitrogens with zero attached hydrogens (tertiary/aromatic N) is 1. The molecule has 1 N–H and O–H groups in total. The van der Waals surface area contributed by atoms with Gasteiger partial charge in [0.1, 0.15) is 0 Å². The highest BCUT2D eigenvalue weighted by molar-refractivity contribution is 7.12. The summed E-state index contributed by atoms with van der Waals surface area (Å²) in [6.07, 6.45) is 1.79. The van der Waals surface area contributed by atoms with E-state index in [4.69, 9.17) is 16.8 Å². The Balaban J connectivity index is 2.03. The molecule has 1 aromatic carbocycles. The van der Waals surface area contributed by atoms with Gasteiger partial charge in [0.2, 0.25) is 0 Å². The summed E-state index contributed by atoms with van der Waals surface area (Å²) >= 11 is 7.57. The van der Waals surface area contributed by atoms with E-state index in [-0.39, 0.29) is 0 Å². The molecular weight excluding hydrogens is 266 g/mol. The zero-order valence-electron chi connectivity index (χ0n) is 9.64. The summed E-state index contributed by atoms with van der Waals surface area (Å²) in [5.41, 5.74) is 3.35. The first-order valence-electron chi connectivity index (χ1n) is 5.83. The molecule has 1 aromatic heterocycles. The molecule has 0 amide bonds. The molecule has 0 fully saturated rings. The molecule has 1 atom stereocenters. The summed E-state index contributed by atoms with van der Waals surface area (Å²) in [4.78, 5) is 1.11. The van der Waals surface area contributed by atoms with E-state index in [0.29, 0.717) is 5.92 Å². The lowest BCUT2D eigenvalue weighted by Crippen LogP contribution is -2.14. The predicted molar refractivity (Wildman–Crippen MR) is 75.2 cm³/mol. The Morgan fingerprint density at radius 3 is 2.72 bits per heavy atom. The molecule has 1 heterocycles. The fourth-order valence-electron chi connectivity index (χ4n) is 2.51. The van der Waals surface area contributed by atoms with Crippen LogP contribution >= 0.6 is 22.9 Å². The molecule has 0 bridgehead atoms. The molecule has 4 heteroatoms. The zero-order chi connectivity index (χ0) is 12.5. The van der Waals surface area contributed by atoms with E-state index in [0.717, 1.165) is 28.5 Å². The fraction of sp³-hybridized carbons (Fsp3) is 0.214. The summed E-state index contributed by atoms with van der Waals surface area (Å²) < 4.78 is 0. The van der Waals surface area contributed by atoms with E-state index in [1.807, 2.05) is 12.1 Å². The molecule has 0 saturated heterocycles. The molecule has 2 nitrogen and oxygen atoms in total. The maximum absolute atomic E-state index is 9.03. The van der Waals surface area contributed by atoms with E-state index >= 15 is 0 Å². The Morgan fingerprint density at radius 1 is 1.22 bits per heavy atom. The Morgan fingerprint density at radius 2 is 2.00 bits per heavy atom. The second-order valence-corrected chi connectivity index (χ2v) is 5.75. The molecule has 3 rings (SSSR count). The molecule has 0 aliphatic heterocycles. The number of hydrogen-bond acceptors (Lipinski definition) is 3. The van der Waals surface area contributed by atoms with Crippen molar-refractivity contribution in [2.75, 3.05) is 0 Å². The maximum Gasteiger partial charge on any atom is 0.0970 e. The van der Waals surface area contributed by atoms with Gasteiger partial charge in [0.05, 0.1) is 10.6 Å². The van der Waals surface area contributed by atoms with Gasteiger partial charge in [-0.15, -0.1) is 11.3 Å². The van der Waals surface area contributed by atoms with Crippen LogP contribution in [0.1, 0.15) is 34.8 Å². The third kappa shape index (κ3) is 1.93. The minimum absolute atomic E-state index is 0.383. The van der Waals surface area contributed by atoms with Crippen LogP contribution in [0.4, 0.5) is 0 Å². The lowest BCUT2D eigenvalue weighted by Gasteiger charge is -2.23. The quantitative estimate of drug-likeness (QED) is 0.604. The Labute approximate surface area is 115 Å². The van der Waals surface area contributed by atoms with E-state index in [1.54, 1.807) is 11.3 Å². The number of benzene rings is 1. The summed E-state index contributed by atoms with van der Waals surface area (Å²) in [6.45, 7) is 0. The minimum atomic E-state index is 0.383. The van der Waals surface area contributed by atoms with Gasteiger partial charge in [0.15, 0.2) is 0 Å². The molecule has 0 spiro atoms. The molecule has 2 aromatic rings. The van der Waals surface area contributed by atoms with Crippen LogP contribution in [0.2, 0.25) is 5.02 Å². The second-order valence-electron chi connectivity index (χ2n) is 4.39. The van der Waals surface area contributed by atoms with Crippen LogP contribution in [0.25, 0.3) is 0 Å². The number of hydrogen-bond donors (Lipinski definition) is 1. The molecule has 18 heavy (non-hydrogen) atoms. The normalized spacial score (nSPS) is 20.9. The molecule has 1 unspecified atom stereocenters. The highest BCUT2D eigenvalue weighted by atomic mass is 35.5. The predicted octanol–water partition coefficient (Wildman–Crippen LogP) is 4.51. The number of halogens is 1. The molecular formula is C14H12ClNOS. The summed E-state index contributed by atoms with van der Waals surface area (Å²) in [6, 6.07) is 10.1. The second kappa shape index (κ2) is 4.75. The van der Waals surface area contributed by atoms with Gasteiger partial charge in [-0.25, -0.2) is 0 Å². The van der Waals surface area contributed by atoms with Crippen LogP contribution in [0.5, 0.6) is 0 Å². The zero-order valence-corrected chi connectivity index (χ0v) is 11.2. The number of oxime groups is 1. The van der Waals surface area contributed by atoms with Gasteiger partial charge >= 0.3 is 0 Å². The first kappa shape index (κ1) is 11.8. The van der Waals surface area contributed by atoms with Gasteiger partial charge in [0.25, 0.3) is 0 Å². The molecule has 92 valence electrons. The van der Waals surface area contributed by atoms with E-state index in [2.05, 4.69) is 28.7 Å². The monoisotopic (exact) mass is 277 g/mol. The maximum atomic E-state index is 9.03. The minimum Gasteiger partial charge on any atom is -0.411 e. The van der Waals surface area contributed by atoms with E-state index < -0.39 is 0 Å². The van der Waals surface area contributed by atoms with Gasteiger partial charge in [-0.05, 0) is 47.5 Å². The average Bonchev–Trinajstić information content (AvgIpc) is 2.88. The Kier molecular flexibility index (Phi) is 3.10. The summed E-state index contributed by atoms with van der Waals surface area (Å²) in [5.74, 6) is 0.383. The van der Waals surface area contributed by atoms with Crippen molar-refractivity contribution in [3.05, 3.63) is 56.7 Å². The van der Waals surface area contributed by atoms with Gasteiger partial charge in [-0.1, -0.05) is 28.9 Å².